The Kier molecular flexibility index (Phi) is 5.02. The second-order valence-electron chi connectivity index (χ2n) is 5.44. The highest BCUT2D eigenvalue weighted by molar-refractivity contribution is 6.39. The Hall–Kier alpha value is -2.76. The summed E-state index contributed by atoms with van der Waals surface area (Å²) in [6.07, 6.45) is 1.46. The molecule has 0 spiro atoms. The molecule has 0 unspecified atom stereocenters. The number of aromatic nitrogens is 1. The molecular formula is C19H13Cl2NO4. The third kappa shape index (κ3) is 3.31. The number of hydrogen-bond donors (Lipinski definition) is 2. The first-order valence-electron chi connectivity index (χ1n) is 7.51. The molecule has 3 rings (SSSR count). The lowest BCUT2D eigenvalue weighted by Crippen LogP contribution is -2.05. The van der Waals surface area contributed by atoms with Crippen molar-refractivity contribution in [1.29, 1.82) is 0 Å². The highest BCUT2D eigenvalue weighted by Gasteiger charge is 2.21. The average molecular weight is 390 g/mol. The summed E-state index contributed by atoms with van der Waals surface area (Å²) in [7, 11) is 1.26. The Labute approximate surface area is 158 Å². The minimum Gasteiger partial charge on any atom is -0.477 e. The molecular weight excluding hydrogens is 377 g/mol. The van der Waals surface area contributed by atoms with Crippen LogP contribution in [0.4, 0.5) is 0 Å². The van der Waals surface area contributed by atoms with Crippen LogP contribution in [-0.2, 0) is 9.53 Å². The SMILES string of the molecule is COC(=O)/C(=C/c1c(C(=O)O)[nH]c2cc(Cl)cc(Cl)c12)c1ccccc1. The molecule has 0 bridgehead atoms. The number of aromatic amines is 1. The minimum atomic E-state index is -1.18. The molecule has 1 aromatic heterocycles. The number of rotatable bonds is 4. The lowest BCUT2D eigenvalue weighted by Gasteiger charge is -2.07. The number of carboxylic acids is 1. The van der Waals surface area contributed by atoms with E-state index in [1.807, 2.05) is 6.07 Å². The molecule has 0 aliphatic heterocycles. The summed E-state index contributed by atoms with van der Waals surface area (Å²) < 4.78 is 4.86. The van der Waals surface area contributed by atoms with Crippen LogP contribution in [0.15, 0.2) is 42.5 Å². The molecule has 3 aromatic rings. The van der Waals surface area contributed by atoms with Gasteiger partial charge in [0.25, 0.3) is 0 Å². The quantitative estimate of drug-likeness (QED) is 0.491. The van der Waals surface area contributed by atoms with Gasteiger partial charge in [0, 0.05) is 21.5 Å². The van der Waals surface area contributed by atoms with Crippen molar-refractivity contribution in [1.82, 2.24) is 4.98 Å². The van der Waals surface area contributed by atoms with E-state index in [1.54, 1.807) is 30.3 Å². The number of nitrogens with one attached hydrogen (secondary N) is 1. The van der Waals surface area contributed by atoms with Crippen molar-refractivity contribution < 1.29 is 19.4 Å². The van der Waals surface area contributed by atoms with Crippen LogP contribution in [0.25, 0.3) is 22.6 Å². The predicted octanol–water partition coefficient (Wildman–Crippen LogP) is 4.89. The number of ether oxygens (including phenoxy) is 1. The van der Waals surface area contributed by atoms with Crippen molar-refractivity contribution in [3.63, 3.8) is 0 Å². The van der Waals surface area contributed by atoms with E-state index in [1.165, 1.54) is 19.3 Å². The van der Waals surface area contributed by atoms with Crippen LogP contribution < -0.4 is 0 Å². The van der Waals surface area contributed by atoms with Crippen LogP contribution in [-0.4, -0.2) is 29.1 Å². The topological polar surface area (TPSA) is 79.4 Å². The van der Waals surface area contributed by atoms with Crippen LogP contribution in [0.1, 0.15) is 21.6 Å². The standard InChI is InChI=1S/C19H13Cl2NO4/c1-26-19(25)12(10-5-3-2-4-6-10)9-13-16-14(21)7-11(20)8-15(16)22-17(13)18(23)24/h2-9,22H,1H3,(H,23,24)/b12-9+. The van der Waals surface area contributed by atoms with E-state index in [4.69, 9.17) is 27.9 Å². The second kappa shape index (κ2) is 7.23. The van der Waals surface area contributed by atoms with Gasteiger partial charge in [-0.15, -0.1) is 0 Å². The number of benzene rings is 2. The molecule has 26 heavy (non-hydrogen) atoms. The Morgan fingerprint density at radius 3 is 2.46 bits per heavy atom. The van der Waals surface area contributed by atoms with Gasteiger partial charge in [0.1, 0.15) is 5.69 Å². The third-order valence-corrected chi connectivity index (χ3v) is 4.36. The van der Waals surface area contributed by atoms with Crippen molar-refractivity contribution in [2.24, 2.45) is 0 Å². The summed E-state index contributed by atoms with van der Waals surface area (Å²) >= 11 is 12.3. The molecule has 1 heterocycles. The van der Waals surface area contributed by atoms with E-state index in [-0.39, 0.29) is 21.9 Å². The van der Waals surface area contributed by atoms with E-state index in [0.717, 1.165) is 0 Å². The van der Waals surface area contributed by atoms with Gasteiger partial charge in [0.2, 0.25) is 0 Å². The van der Waals surface area contributed by atoms with E-state index in [2.05, 4.69) is 4.98 Å². The van der Waals surface area contributed by atoms with Crippen LogP contribution >= 0.6 is 23.2 Å². The fourth-order valence-electron chi connectivity index (χ4n) is 2.72. The summed E-state index contributed by atoms with van der Waals surface area (Å²) in [5, 5.41) is 10.7. The molecule has 0 fully saturated rings. The Bertz CT molecular complexity index is 1040. The highest BCUT2D eigenvalue weighted by atomic mass is 35.5. The first-order chi connectivity index (χ1) is 12.4. The van der Waals surface area contributed by atoms with Crippen LogP contribution in [0.2, 0.25) is 10.0 Å². The number of carboxylic acid groups (broad SMARTS) is 1. The molecule has 0 aliphatic carbocycles. The summed E-state index contributed by atoms with van der Waals surface area (Å²) in [4.78, 5) is 26.8. The molecule has 0 radical (unpaired) electrons. The summed E-state index contributed by atoms with van der Waals surface area (Å²) in [6.45, 7) is 0. The molecule has 7 heteroatoms. The van der Waals surface area contributed by atoms with Gasteiger partial charge < -0.3 is 14.8 Å². The minimum absolute atomic E-state index is 0.0958. The number of carbonyl (C=O) groups is 2. The first kappa shape index (κ1) is 18.0. The summed E-state index contributed by atoms with van der Waals surface area (Å²) in [5.74, 6) is -1.77. The van der Waals surface area contributed by atoms with Gasteiger partial charge >= 0.3 is 11.9 Å². The number of fused-ring (bicyclic) bond motifs is 1. The highest BCUT2D eigenvalue weighted by Crippen LogP contribution is 2.35. The fourth-order valence-corrected chi connectivity index (χ4v) is 3.31. The van der Waals surface area contributed by atoms with Gasteiger partial charge in [-0.3, -0.25) is 0 Å². The molecule has 0 amide bonds. The van der Waals surface area contributed by atoms with E-state index < -0.39 is 11.9 Å². The number of aromatic carboxylic acids is 1. The number of halogens is 2. The van der Waals surface area contributed by atoms with Gasteiger partial charge in [0.05, 0.1) is 17.7 Å². The molecule has 0 atom stereocenters. The average Bonchev–Trinajstić information content (AvgIpc) is 2.98. The molecule has 5 nitrogen and oxygen atoms in total. The first-order valence-corrected chi connectivity index (χ1v) is 8.27. The second-order valence-corrected chi connectivity index (χ2v) is 6.29. The smallest absolute Gasteiger partial charge is 0.352 e. The van der Waals surface area contributed by atoms with Crippen molar-refractivity contribution in [3.05, 3.63) is 69.3 Å². The fraction of sp³-hybridized carbons (Fsp3) is 0.0526. The normalized spacial score (nSPS) is 11.6. The summed E-state index contributed by atoms with van der Waals surface area (Å²) in [6, 6.07) is 11.9. The van der Waals surface area contributed by atoms with Crippen molar-refractivity contribution in [2.75, 3.05) is 7.11 Å². The molecule has 0 aliphatic rings. The zero-order valence-corrected chi connectivity index (χ0v) is 15.1. The monoisotopic (exact) mass is 389 g/mol. The summed E-state index contributed by atoms with van der Waals surface area (Å²) in [5.41, 5.74) is 1.45. The number of H-pyrrole nitrogens is 1. The number of hydrogen-bond acceptors (Lipinski definition) is 3. The van der Waals surface area contributed by atoms with Crippen LogP contribution in [0.3, 0.4) is 0 Å². The number of esters is 1. The maximum absolute atomic E-state index is 12.3. The number of carbonyl (C=O) groups excluding carboxylic acids is 1. The Balaban J connectivity index is 2.34. The molecule has 132 valence electrons. The van der Waals surface area contributed by atoms with E-state index in [0.29, 0.717) is 21.5 Å². The predicted molar refractivity (Wildman–Crippen MR) is 102 cm³/mol. The molecule has 2 N–H and O–H groups in total. The lowest BCUT2D eigenvalue weighted by molar-refractivity contribution is -0.133. The van der Waals surface area contributed by atoms with Crippen LogP contribution in [0, 0.1) is 0 Å². The van der Waals surface area contributed by atoms with E-state index in [9.17, 15) is 14.7 Å². The van der Waals surface area contributed by atoms with E-state index >= 15 is 0 Å². The van der Waals surface area contributed by atoms with Crippen molar-refractivity contribution in [2.45, 2.75) is 0 Å². The zero-order valence-electron chi connectivity index (χ0n) is 13.5. The van der Waals surface area contributed by atoms with Gasteiger partial charge in [-0.1, -0.05) is 53.5 Å². The molecule has 0 saturated carbocycles. The third-order valence-electron chi connectivity index (χ3n) is 3.85. The number of methoxy groups -OCH3 is 1. The maximum Gasteiger partial charge on any atom is 0.352 e. The largest absolute Gasteiger partial charge is 0.477 e. The zero-order chi connectivity index (χ0) is 18.8. The van der Waals surface area contributed by atoms with Crippen molar-refractivity contribution in [3.8, 4) is 0 Å². The van der Waals surface area contributed by atoms with Gasteiger partial charge in [0.15, 0.2) is 0 Å². The van der Waals surface area contributed by atoms with Gasteiger partial charge in [-0.2, -0.15) is 0 Å². The van der Waals surface area contributed by atoms with Crippen molar-refractivity contribution >= 4 is 57.7 Å². The maximum atomic E-state index is 12.3. The lowest BCUT2D eigenvalue weighted by atomic mass is 10.0. The van der Waals surface area contributed by atoms with Gasteiger partial charge in [-0.25, -0.2) is 9.59 Å². The Morgan fingerprint density at radius 1 is 1.15 bits per heavy atom. The molecule has 2 aromatic carbocycles. The van der Waals surface area contributed by atoms with Crippen LogP contribution in [0.5, 0.6) is 0 Å². The Morgan fingerprint density at radius 2 is 1.85 bits per heavy atom. The molecule has 0 saturated heterocycles. The van der Waals surface area contributed by atoms with Gasteiger partial charge in [-0.05, 0) is 23.8 Å².